The summed E-state index contributed by atoms with van der Waals surface area (Å²) in [5.74, 6) is 3.23. The molecule has 0 spiro atoms. The maximum Gasteiger partial charge on any atom is 0.232 e. The molecular formula is C17H22N4O3S. The minimum Gasteiger partial charge on any atom is -0.495 e. The van der Waals surface area contributed by atoms with Gasteiger partial charge in [-0.05, 0) is 12.1 Å². The number of carbonyl (C=O) groups is 1. The van der Waals surface area contributed by atoms with Crippen LogP contribution in [0.2, 0.25) is 0 Å². The van der Waals surface area contributed by atoms with E-state index in [1.165, 1.54) is 11.8 Å². The number of benzene rings is 1. The molecule has 0 N–H and O–H groups in total. The van der Waals surface area contributed by atoms with Crippen molar-refractivity contribution in [1.29, 1.82) is 0 Å². The highest BCUT2D eigenvalue weighted by Gasteiger charge is 2.22. The number of carbonyl (C=O) groups excluding carboxylic acids is 1. The Bertz CT molecular complexity index is 713. The fraction of sp³-hybridized carbons (Fsp3) is 0.471. The average Bonchev–Trinajstić information content (AvgIpc) is 3.07. The highest BCUT2D eigenvalue weighted by Crippen LogP contribution is 2.28. The van der Waals surface area contributed by atoms with Crippen LogP contribution in [0.3, 0.4) is 0 Å². The Morgan fingerprint density at radius 2 is 2.04 bits per heavy atom. The molecule has 1 aliphatic rings. The van der Waals surface area contributed by atoms with E-state index < -0.39 is 0 Å². The van der Waals surface area contributed by atoms with E-state index in [9.17, 15) is 4.79 Å². The summed E-state index contributed by atoms with van der Waals surface area (Å²) in [6.45, 7) is 4.81. The van der Waals surface area contributed by atoms with Crippen molar-refractivity contribution in [2.24, 2.45) is 0 Å². The molecule has 2 aromatic rings. The second-order valence-corrected chi connectivity index (χ2v) is 6.75. The van der Waals surface area contributed by atoms with Crippen LogP contribution in [0.4, 0.5) is 5.69 Å². The topological polar surface area (TPSA) is 71.7 Å². The van der Waals surface area contributed by atoms with Gasteiger partial charge in [-0.15, -0.1) is 11.8 Å². The van der Waals surface area contributed by atoms with Crippen LogP contribution >= 0.6 is 11.8 Å². The maximum atomic E-state index is 12.4. The van der Waals surface area contributed by atoms with E-state index in [2.05, 4.69) is 21.1 Å². The Hall–Kier alpha value is -2.22. The van der Waals surface area contributed by atoms with Gasteiger partial charge in [-0.3, -0.25) is 4.79 Å². The zero-order valence-corrected chi connectivity index (χ0v) is 15.3. The van der Waals surface area contributed by atoms with E-state index in [1.807, 2.05) is 23.1 Å². The minimum atomic E-state index is 0.157. The predicted molar refractivity (Wildman–Crippen MR) is 97.0 cm³/mol. The van der Waals surface area contributed by atoms with Crippen LogP contribution in [0, 0.1) is 6.92 Å². The first-order valence-electron chi connectivity index (χ1n) is 8.20. The molecule has 1 amide bonds. The third-order valence-electron chi connectivity index (χ3n) is 4.08. The Labute approximate surface area is 151 Å². The van der Waals surface area contributed by atoms with Crippen LogP contribution in [0.15, 0.2) is 28.8 Å². The Morgan fingerprint density at radius 1 is 1.28 bits per heavy atom. The van der Waals surface area contributed by atoms with Gasteiger partial charge in [0.05, 0.1) is 24.3 Å². The number of rotatable bonds is 6. The molecule has 0 unspecified atom stereocenters. The Kier molecular flexibility index (Phi) is 5.80. The first kappa shape index (κ1) is 17.6. The standard InChI is InChI=1S/C17H22N4O3S/c1-13-18-16(19-24-13)11-25-12-17(22)21-9-7-20(8-10-21)14-5-3-4-6-15(14)23-2/h3-6H,7-12H2,1-2H3. The molecule has 0 saturated carbocycles. The number of hydrogen-bond acceptors (Lipinski definition) is 7. The van der Waals surface area contributed by atoms with Crippen molar-refractivity contribution in [2.45, 2.75) is 12.7 Å². The quantitative estimate of drug-likeness (QED) is 0.778. The summed E-state index contributed by atoms with van der Waals surface area (Å²) in [4.78, 5) is 20.7. The van der Waals surface area contributed by atoms with Gasteiger partial charge in [0, 0.05) is 33.1 Å². The number of amides is 1. The normalized spacial score (nSPS) is 14.6. The summed E-state index contributed by atoms with van der Waals surface area (Å²) in [5, 5.41) is 3.83. The van der Waals surface area contributed by atoms with Crippen LogP contribution in [0.1, 0.15) is 11.7 Å². The molecule has 1 aromatic heterocycles. The molecule has 134 valence electrons. The third-order valence-corrected chi connectivity index (χ3v) is 5.00. The van der Waals surface area contributed by atoms with Gasteiger partial charge in [0.1, 0.15) is 5.75 Å². The molecule has 0 aliphatic carbocycles. The largest absolute Gasteiger partial charge is 0.495 e. The Balaban J connectivity index is 1.46. The van der Waals surface area contributed by atoms with Crippen molar-refractivity contribution >= 4 is 23.4 Å². The molecule has 1 fully saturated rings. The van der Waals surface area contributed by atoms with Crippen molar-refractivity contribution in [2.75, 3.05) is 43.9 Å². The predicted octanol–water partition coefficient (Wildman–Crippen LogP) is 1.97. The summed E-state index contributed by atoms with van der Waals surface area (Å²) >= 11 is 1.51. The van der Waals surface area contributed by atoms with Crippen molar-refractivity contribution in [3.05, 3.63) is 36.0 Å². The van der Waals surface area contributed by atoms with Gasteiger partial charge in [0.2, 0.25) is 11.8 Å². The Morgan fingerprint density at radius 3 is 2.72 bits per heavy atom. The summed E-state index contributed by atoms with van der Waals surface area (Å²) in [5.41, 5.74) is 1.08. The van der Waals surface area contributed by atoms with Crippen molar-refractivity contribution < 1.29 is 14.1 Å². The van der Waals surface area contributed by atoms with Crippen LogP contribution < -0.4 is 9.64 Å². The number of ether oxygens (including phenoxy) is 1. The highest BCUT2D eigenvalue weighted by atomic mass is 32.2. The number of aryl methyl sites for hydroxylation is 1. The first-order chi connectivity index (χ1) is 12.2. The fourth-order valence-corrected chi connectivity index (χ4v) is 3.57. The SMILES string of the molecule is COc1ccccc1N1CCN(C(=O)CSCc2noc(C)n2)CC1. The second kappa shape index (κ2) is 8.24. The van der Waals surface area contributed by atoms with Crippen LogP contribution in [-0.4, -0.2) is 60.0 Å². The van der Waals surface area contributed by atoms with Gasteiger partial charge in [-0.25, -0.2) is 0 Å². The summed E-state index contributed by atoms with van der Waals surface area (Å²) in [7, 11) is 1.68. The summed E-state index contributed by atoms with van der Waals surface area (Å²) in [6, 6.07) is 7.98. The average molecular weight is 362 g/mol. The molecule has 1 aliphatic heterocycles. The summed E-state index contributed by atoms with van der Waals surface area (Å²) in [6.07, 6.45) is 0. The van der Waals surface area contributed by atoms with E-state index >= 15 is 0 Å². The number of thioether (sulfide) groups is 1. The maximum absolute atomic E-state index is 12.4. The zero-order chi connectivity index (χ0) is 17.6. The molecule has 1 saturated heterocycles. The van der Waals surface area contributed by atoms with Gasteiger partial charge in [-0.1, -0.05) is 17.3 Å². The number of para-hydroxylation sites is 2. The lowest BCUT2D eigenvalue weighted by atomic mass is 10.2. The van der Waals surface area contributed by atoms with Gasteiger partial charge < -0.3 is 19.1 Å². The fourth-order valence-electron chi connectivity index (χ4n) is 2.81. The highest BCUT2D eigenvalue weighted by molar-refractivity contribution is 7.99. The van der Waals surface area contributed by atoms with E-state index in [0.717, 1.165) is 37.6 Å². The molecule has 3 rings (SSSR count). The minimum absolute atomic E-state index is 0.157. The van der Waals surface area contributed by atoms with Crippen LogP contribution in [-0.2, 0) is 10.5 Å². The van der Waals surface area contributed by atoms with Crippen LogP contribution in [0.25, 0.3) is 0 Å². The molecule has 8 heteroatoms. The smallest absolute Gasteiger partial charge is 0.232 e. The number of aromatic nitrogens is 2. The van der Waals surface area contributed by atoms with Gasteiger partial charge in [0.25, 0.3) is 0 Å². The number of nitrogens with zero attached hydrogens (tertiary/aromatic N) is 4. The molecule has 1 aromatic carbocycles. The van der Waals surface area contributed by atoms with Gasteiger partial charge >= 0.3 is 0 Å². The number of piperazine rings is 1. The molecule has 7 nitrogen and oxygen atoms in total. The van der Waals surface area contributed by atoms with Gasteiger partial charge in [-0.2, -0.15) is 4.98 Å². The third kappa shape index (κ3) is 4.45. The zero-order valence-electron chi connectivity index (χ0n) is 14.5. The van der Waals surface area contributed by atoms with Crippen molar-refractivity contribution in [1.82, 2.24) is 15.0 Å². The van der Waals surface area contributed by atoms with Crippen LogP contribution in [0.5, 0.6) is 5.75 Å². The second-order valence-electron chi connectivity index (χ2n) is 5.76. The number of hydrogen-bond donors (Lipinski definition) is 0. The van der Waals surface area contributed by atoms with Crippen molar-refractivity contribution in [3.8, 4) is 5.75 Å². The van der Waals surface area contributed by atoms with E-state index in [0.29, 0.717) is 23.2 Å². The van der Waals surface area contributed by atoms with Crippen molar-refractivity contribution in [3.63, 3.8) is 0 Å². The lowest BCUT2D eigenvalue weighted by Gasteiger charge is -2.36. The van der Waals surface area contributed by atoms with E-state index in [1.54, 1.807) is 14.0 Å². The molecular weight excluding hydrogens is 340 g/mol. The lowest BCUT2D eigenvalue weighted by molar-refractivity contribution is -0.128. The molecule has 25 heavy (non-hydrogen) atoms. The molecule has 0 radical (unpaired) electrons. The lowest BCUT2D eigenvalue weighted by Crippen LogP contribution is -2.49. The molecule has 0 bridgehead atoms. The molecule has 0 atom stereocenters. The number of anilines is 1. The monoisotopic (exact) mass is 362 g/mol. The first-order valence-corrected chi connectivity index (χ1v) is 9.35. The number of methoxy groups -OCH3 is 1. The summed E-state index contributed by atoms with van der Waals surface area (Å²) < 4.78 is 10.4. The van der Waals surface area contributed by atoms with Gasteiger partial charge in [0.15, 0.2) is 5.82 Å². The van der Waals surface area contributed by atoms with E-state index in [4.69, 9.17) is 9.26 Å². The molecule has 2 heterocycles. The van der Waals surface area contributed by atoms with E-state index in [-0.39, 0.29) is 5.91 Å².